The number of carbonyl (C=O) groups is 1. The molecule has 224 valence electrons. The Balaban J connectivity index is 1.13. The molecule has 1 N–H and O–H groups in total. The molecule has 1 amide bonds. The van der Waals surface area contributed by atoms with E-state index in [1.807, 2.05) is 11.8 Å². The first-order chi connectivity index (χ1) is 19.7. The molecule has 0 spiro atoms. The summed E-state index contributed by atoms with van der Waals surface area (Å²) in [6.07, 6.45) is 3.58. The van der Waals surface area contributed by atoms with E-state index in [4.69, 9.17) is 9.47 Å². The summed E-state index contributed by atoms with van der Waals surface area (Å²) in [6.45, 7) is 5.85. The molecule has 1 aromatic heterocycles. The molecule has 2 atom stereocenters. The molecular formula is C30H40F3N5O3. The fourth-order valence-corrected chi connectivity index (χ4v) is 6.30. The number of ether oxygens (including phenoxy) is 2. The first kappa shape index (κ1) is 29.7. The van der Waals surface area contributed by atoms with E-state index in [1.54, 1.807) is 7.11 Å². The first-order valence-corrected chi connectivity index (χ1v) is 14.7. The number of likely N-dealkylation sites (tertiary alicyclic amines) is 2. The van der Waals surface area contributed by atoms with Crippen molar-refractivity contribution in [1.29, 1.82) is 0 Å². The Morgan fingerprint density at radius 1 is 1.02 bits per heavy atom. The predicted octanol–water partition coefficient (Wildman–Crippen LogP) is 5.24. The summed E-state index contributed by atoms with van der Waals surface area (Å²) >= 11 is 0. The Morgan fingerprint density at radius 3 is 2.39 bits per heavy atom. The van der Waals surface area contributed by atoms with Crippen molar-refractivity contribution in [2.75, 3.05) is 45.2 Å². The number of halogens is 3. The minimum atomic E-state index is -4.35. The summed E-state index contributed by atoms with van der Waals surface area (Å²) < 4.78 is 50.5. The van der Waals surface area contributed by atoms with Crippen molar-refractivity contribution in [2.24, 2.45) is 0 Å². The molecule has 2 unspecified atom stereocenters. The van der Waals surface area contributed by atoms with Crippen LogP contribution in [-0.4, -0.2) is 83.8 Å². The second kappa shape index (κ2) is 13.0. The molecule has 0 bridgehead atoms. The minimum Gasteiger partial charge on any atom is -0.381 e. The number of anilines is 1. The van der Waals surface area contributed by atoms with Gasteiger partial charge in [0, 0.05) is 51.4 Å². The highest BCUT2D eigenvalue weighted by Crippen LogP contribution is 2.34. The van der Waals surface area contributed by atoms with Gasteiger partial charge in [0.15, 0.2) is 0 Å². The Morgan fingerprint density at radius 2 is 1.73 bits per heavy atom. The molecule has 5 rings (SSSR count). The second-order valence-corrected chi connectivity index (χ2v) is 11.4. The zero-order valence-electron chi connectivity index (χ0n) is 23.8. The van der Waals surface area contributed by atoms with Crippen molar-refractivity contribution < 1.29 is 27.4 Å². The number of piperidine rings is 2. The zero-order valence-corrected chi connectivity index (χ0v) is 23.8. The van der Waals surface area contributed by atoms with Gasteiger partial charge in [-0.2, -0.15) is 13.2 Å². The normalized spacial score (nSPS) is 23.5. The van der Waals surface area contributed by atoms with Crippen LogP contribution >= 0.6 is 0 Å². The van der Waals surface area contributed by atoms with Crippen LogP contribution in [-0.2, 0) is 15.7 Å². The van der Waals surface area contributed by atoms with Gasteiger partial charge in [0.1, 0.15) is 17.8 Å². The lowest BCUT2D eigenvalue weighted by molar-refractivity contribution is -0.137. The third-order valence-corrected chi connectivity index (χ3v) is 8.82. The van der Waals surface area contributed by atoms with Gasteiger partial charge in [-0.05, 0) is 69.6 Å². The monoisotopic (exact) mass is 575 g/mol. The van der Waals surface area contributed by atoms with Crippen LogP contribution in [0, 0.1) is 6.92 Å². The average molecular weight is 576 g/mol. The van der Waals surface area contributed by atoms with Gasteiger partial charge in [0.25, 0.3) is 5.91 Å². The summed E-state index contributed by atoms with van der Waals surface area (Å²) in [6, 6.07) is 5.72. The number of nitrogens with zero attached hydrogens (tertiary/aromatic N) is 4. The maximum atomic E-state index is 13.4. The molecule has 1 aromatic carbocycles. The Hall–Kier alpha value is -2.76. The number of rotatable bonds is 7. The quantitative estimate of drug-likeness (QED) is 0.484. The van der Waals surface area contributed by atoms with Gasteiger partial charge in [0.2, 0.25) is 0 Å². The highest BCUT2D eigenvalue weighted by molar-refractivity contribution is 5.94. The average Bonchev–Trinajstić information content (AvgIpc) is 3.00. The Kier molecular flexibility index (Phi) is 9.45. The van der Waals surface area contributed by atoms with Crippen LogP contribution in [0.15, 0.2) is 30.6 Å². The molecule has 3 saturated heterocycles. The van der Waals surface area contributed by atoms with Crippen LogP contribution in [0.5, 0.6) is 0 Å². The summed E-state index contributed by atoms with van der Waals surface area (Å²) in [5.74, 6) is 0.528. The van der Waals surface area contributed by atoms with Gasteiger partial charge in [-0.3, -0.25) is 4.79 Å². The van der Waals surface area contributed by atoms with Crippen LogP contribution in [0.25, 0.3) is 0 Å². The van der Waals surface area contributed by atoms with E-state index < -0.39 is 11.7 Å². The minimum absolute atomic E-state index is 0.0687. The van der Waals surface area contributed by atoms with Crippen LogP contribution < -0.4 is 5.32 Å². The maximum Gasteiger partial charge on any atom is 0.416 e. The van der Waals surface area contributed by atoms with E-state index >= 15 is 0 Å². The molecule has 0 saturated carbocycles. The standard InChI is InChI=1S/C30H40F3N5O3/c1-20-27(29(39)38-14-10-23(11-15-38)37-16-12-24(40-2)13-17-37)35-19-36-28(20)34-18-25-4-3-5-26(41-25)21-6-8-22(9-7-21)30(31,32)33/h6-9,19,23-26H,3-5,10-18H2,1-2H3,(H,34,35,36). The van der Waals surface area contributed by atoms with Gasteiger partial charge >= 0.3 is 6.18 Å². The first-order valence-electron chi connectivity index (χ1n) is 14.7. The van der Waals surface area contributed by atoms with Crippen molar-refractivity contribution >= 4 is 11.7 Å². The number of alkyl halides is 3. The largest absolute Gasteiger partial charge is 0.416 e. The van der Waals surface area contributed by atoms with Crippen LogP contribution in [0.4, 0.5) is 19.0 Å². The van der Waals surface area contributed by atoms with Crippen LogP contribution in [0.1, 0.15) is 78.2 Å². The maximum absolute atomic E-state index is 13.4. The molecule has 3 aliphatic rings. The van der Waals surface area contributed by atoms with E-state index in [0.29, 0.717) is 48.9 Å². The van der Waals surface area contributed by atoms with Crippen molar-refractivity contribution in [1.82, 2.24) is 19.8 Å². The molecule has 0 aliphatic carbocycles. The van der Waals surface area contributed by atoms with E-state index in [-0.39, 0.29) is 18.1 Å². The SMILES string of the molecule is COC1CCN(C2CCN(C(=O)c3ncnc(NCC4CCCC(c5ccc(C(F)(F)F)cc5)O4)c3C)CC2)CC1. The fraction of sp³-hybridized carbons (Fsp3) is 0.633. The van der Waals surface area contributed by atoms with Gasteiger partial charge in [-0.25, -0.2) is 9.97 Å². The molecule has 3 fully saturated rings. The summed E-state index contributed by atoms with van der Waals surface area (Å²) in [5.41, 5.74) is 1.20. The summed E-state index contributed by atoms with van der Waals surface area (Å²) in [4.78, 5) is 26.6. The number of hydrogen-bond donors (Lipinski definition) is 1. The van der Waals surface area contributed by atoms with E-state index in [2.05, 4.69) is 20.2 Å². The van der Waals surface area contributed by atoms with Crippen molar-refractivity contribution in [3.63, 3.8) is 0 Å². The highest BCUT2D eigenvalue weighted by Gasteiger charge is 2.32. The molecular weight excluding hydrogens is 535 g/mol. The molecule has 2 aromatic rings. The van der Waals surface area contributed by atoms with E-state index in [0.717, 1.165) is 75.7 Å². The topological polar surface area (TPSA) is 79.8 Å². The lowest BCUT2D eigenvalue weighted by Crippen LogP contribution is -2.49. The number of nitrogens with one attached hydrogen (secondary N) is 1. The molecule has 41 heavy (non-hydrogen) atoms. The van der Waals surface area contributed by atoms with Crippen molar-refractivity contribution in [3.05, 3.63) is 53.0 Å². The molecule has 4 heterocycles. The predicted molar refractivity (Wildman–Crippen MR) is 149 cm³/mol. The molecule has 3 aliphatic heterocycles. The third kappa shape index (κ3) is 7.18. The summed E-state index contributed by atoms with van der Waals surface area (Å²) in [5, 5.41) is 3.33. The fourth-order valence-electron chi connectivity index (χ4n) is 6.30. The van der Waals surface area contributed by atoms with Crippen molar-refractivity contribution in [3.8, 4) is 0 Å². The van der Waals surface area contributed by atoms with Gasteiger partial charge in [-0.15, -0.1) is 0 Å². The lowest BCUT2D eigenvalue weighted by Gasteiger charge is -2.41. The van der Waals surface area contributed by atoms with Gasteiger partial charge < -0.3 is 24.6 Å². The number of benzene rings is 1. The number of amides is 1. The zero-order chi connectivity index (χ0) is 29.0. The number of hydrogen-bond acceptors (Lipinski definition) is 7. The number of aromatic nitrogens is 2. The smallest absolute Gasteiger partial charge is 0.381 e. The Labute approximate surface area is 239 Å². The molecule has 8 nitrogen and oxygen atoms in total. The number of methoxy groups -OCH3 is 1. The number of carbonyl (C=O) groups excluding carboxylic acids is 1. The highest BCUT2D eigenvalue weighted by atomic mass is 19.4. The molecule has 11 heteroatoms. The van der Waals surface area contributed by atoms with Gasteiger partial charge in [-0.1, -0.05) is 12.1 Å². The Bertz CT molecular complexity index is 1160. The lowest BCUT2D eigenvalue weighted by atomic mass is 9.97. The third-order valence-electron chi connectivity index (χ3n) is 8.82. The van der Waals surface area contributed by atoms with E-state index in [1.165, 1.54) is 18.5 Å². The van der Waals surface area contributed by atoms with E-state index in [9.17, 15) is 18.0 Å². The second-order valence-electron chi connectivity index (χ2n) is 11.4. The van der Waals surface area contributed by atoms with Crippen LogP contribution in [0.2, 0.25) is 0 Å². The van der Waals surface area contributed by atoms with Gasteiger partial charge in [0.05, 0.1) is 23.9 Å². The molecule has 0 radical (unpaired) electrons. The summed E-state index contributed by atoms with van der Waals surface area (Å²) in [7, 11) is 1.78. The van der Waals surface area contributed by atoms with Crippen molar-refractivity contribution in [2.45, 2.75) is 82.4 Å². The van der Waals surface area contributed by atoms with Crippen LogP contribution in [0.3, 0.4) is 0 Å².